The second-order valence-electron chi connectivity index (χ2n) is 5.63. The van der Waals surface area contributed by atoms with Crippen molar-refractivity contribution in [1.82, 2.24) is 5.32 Å². The first-order valence-electron chi connectivity index (χ1n) is 7.50. The average molecular weight is 307 g/mol. The van der Waals surface area contributed by atoms with Gasteiger partial charge in [0.15, 0.2) is 0 Å². The van der Waals surface area contributed by atoms with E-state index in [1.165, 1.54) is 0 Å². The number of benzene rings is 2. The number of amides is 1. The Morgan fingerprint density at radius 3 is 2.22 bits per heavy atom. The van der Waals surface area contributed by atoms with Crippen LogP contribution in [-0.4, -0.2) is 11.9 Å². The molecule has 0 unspecified atom stereocenters. The normalized spacial score (nSPS) is 10.9. The number of hydrogen-bond acceptors (Lipinski definition) is 3. The van der Waals surface area contributed by atoms with Gasteiger partial charge in [-0.25, -0.2) is 4.79 Å². The van der Waals surface area contributed by atoms with E-state index in [-0.39, 0.29) is 17.7 Å². The zero-order chi connectivity index (χ0) is 16.4. The molecule has 0 radical (unpaired) electrons. The highest BCUT2D eigenvalue weighted by Crippen LogP contribution is 2.30. The van der Waals surface area contributed by atoms with Crippen LogP contribution < -0.4 is 10.9 Å². The summed E-state index contributed by atoms with van der Waals surface area (Å²) in [6.45, 7) is 3.72. The summed E-state index contributed by atoms with van der Waals surface area (Å²) >= 11 is 0. The van der Waals surface area contributed by atoms with Gasteiger partial charge >= 0.3 is 5.63 Å². The van der Waals surface area contributed by atoms with Crippen molar-refractivity contribution in [3.63, 3.8) is 0 Å². The van der Waals surface area contributed by atoms with Gasteiger partial charge in [0, 0.05) is 17.0 Å². The van der Waals surface area contributed by atoms with Crippen molar-refractivity contribution in [2.45, 2.75) is 19.9 Å². The molecule has 1 heterocycles. The molecule has 0 spiro atoms. The summed E-state index contributed by atoms with van der Waals surface area (Å²) in [6, 6.07) is 16.6. The van der Waals surface area contributed by atoms with E-state index in [2.05, 4.69) is 5.32 Å². The molecule has 1 aromatic heterocycles. The smallest absolute Gasteiger partial charge is 0.344 e. The van der Waals surface area contributed by atoms with Gasteiger partial charge in [-0.05, 0) is 25.5 Å². The van der Waals surface area contributed by atoms with Crippen LogP contribution >= 0.6 is 0 Å². The highest BCUT2D eigenvalue weighted by atomic mass is 16.4. The van der Waals surface area contributed by atoms with Crippen molar-refractivity contribution in [1.29, 1.82) is 0 Å². The van der Waals surface area contributed by atoms with E-state index >= 15 is 0 Å². The fourth-order valence-electron chi connectivity index (χ4n) is 2.58. The molecular weight excluding hydrogens is 290 g/mol. The Morgan fingerprint density at radius 1 is 0.957 bits per heavy atom. The molecule has 0 atom stereocenters. The van der Waals surface area contributed by atoms with Crippen molar-refractivity contribution >= 4 is 16.7 Å². The minimum Gasteiger partial charge on any atom is -0.416 e. The molecule has 1 amide bonds. The van der Waals surface area contributed by atoms with E-state index in [1.807, 2.05) is 56.3 Å². The average Bonchev–Trinajstić information content (AvgIpc) is 2.55. The van der Waals surface area contributed by atoms with E-state index in [4.69, 9.17) is 4.42 Å². The molecule has 0 saturated carbocycles. The summed E-state index contributed by atoms with van der Waals surface area (Å²) in [5, 5.41) is 3.97. The van der Waals surface area contributed by atoms with Crippen LogP contribution in [-0.2, 0) is 0 Å². The largest absolute Gasteiger partial charge is 0.416 e. The molecule has 0 aliphatic rings. The number of rotatable bonds is 3. The highest BCUT2D eigenvalue weighted by molar-refractivity contribution is 6.07. The summed E-state index contributed by atoms with van der Waals surface area (Å²) in [5.41, 5.74) is 0.967. The molecule has 0 aliphatic heterocycles. The summed E-state index contributed by atoms with van der Waals surface area (Å²) in [6.07, 6.45) is 0. The number of carbonyl (C=O) groups excluding carboxylic acids is 1. The quantitative estimate of drug-likeness (QED) is 0.804. The first-order chi connectivity index (χ1) is 11.1. The fourth-order valence-corrected chi connectivity index (χ4v) is 2.58. The first kappa shape index (κ1) is 15.0. The molecule has 116 valence electrons. The fraction of sp³-hybridized carbons (Fsp3) is 0.158. The lowest BCUT2D eigenvalue weighted by atomic mass is 9.98. The van der Waals surface area contributed by atoms with Crippen molar-refractivity contribution in [2.24, 2.45) is 0 Å². The minimum absolute atomic E-state index is 0.0496. The standard InChI is InChI=1S/C19H17NO3/c1-12(2)20-18(21)17-16(13-8-4-3-5-9-13)14-10-6-7-11-15(14)19(22)23-17/h3-12H,1-2H3,(H,20,21). The summed E-state index contributed by atoms with van der Waals surface area (Å²) < 4.78 is 5.37. The molecule has 0 saturated heterocycles. The molecule has 4 nitrogen and oxygen atoms in total. The van der Waals surface area contributed by atoms with Crippen LogP contribution in [0.15, 0.2) is 63.8 Å². The lowest BCUT2D eigenvalue weighted by Crippen LogP contribution is -2.31. The van der Waals surface area contributed by atoms with Gasteiger partial charge in [0.1, 0.15) is 0 Å². The third-order valence-electron chi connectivity index (χ3n) is 3.53. The third kappa shape index (κ3) is 2.88. The van der Waals surface area contributed by atoms with Crippen LogP contribution in [0, 0.1) is 0 Å². The third-order valence-corrected chi connectivity index (χ3v) is 3.53. The van der Waals surface area contributed by atoms with Crippen LogP contribution in [0.1, 0.15) is 24.4 Å². The van der Waals surface area contributed by atoms with Crippen LogP contribution in [0.5, 0.6) is 0 Å². The number of fused-ring (bicyclic) bond motifs is 1. The molecule has 1 N–H and O–H groups in total. The second kappa shape index (κ2) is 6.08. The number of carbonyl (C=O) groups is 1. The van der Waals surface area contributed by atoms with Gasteiger partial charge in [-0.3, -0.25) is 4.79 Å². The van der Waals surface area contributed by atoms with Crippen LogP contribution in [0.25, 0.3) is 21.9 Å². The zero-order valence-electron chi connectivity index (χ0n) is 13.0. The maximum absolute atomic E-state index is 12.5. The van der Waals surface area contributed by atoms with Crippen molar-refractivity contribution in [3.8, 4) is 11.1 Å². The summed E-state index contributed by atoms with van der Waals surface area (Å²) in [5.74, 6) is -0.338. The van der Waals surface area contributed by atoms with Gasteiger partial charge < -0.3 is 9.73 Å². The van der Waals surface area contributed by atoms with Gasteiger partial charge in [0.2, 0.25) is 5.76 Å². The molecule has 0 fully saturated rings. The minimum atomic E-state index is -0.505. The lowest BCUT2D eigenvalue weighted by molar-refractivity contribution is 0.0912. The monoisotopic (exact) mass is 307 g/mol. The van der Waals surface area contributed by atoms with E-state index in [9.17, 15) is 9.59 Å². The molecule has 3 aromatic rings. The second-order valence-corrected chi connectivity index (χ2v) is 5.63. The Balaban J connectivity index is 2.35. The van der Waals surface area contributed by atoms with E-state index < -0.39 is 5.63 Å². The molecule has 0 bridgehead atoms. The topological polar surface area (TPSA) is 59.3 Å². The number of hydrogen-bond donors (Lipinski definition) is 1. The lowest BCUT2D eigenvalue weighted by Gasteiger charge is -2.13. The molecule has 23 heavy (non-hydrogen) atoms. The summed E-state index contributed by atoms with van der Waals surface area (Å²) in [4.78, 5) is 24.7. The van der Waals surface area contributed by atoms with Gasteiger partial charge in [-0.15, -0.1) is 0 Å². The van der Waals surface area contributed by atoms with E-state index in [0.29, 0.717) is 16.3 Å². The van der Waals surface area contributed by atoms with Crippen LogP contribution in [0.2, 0.25) is 0 Å². The first-order valence-corrected chi connectivity index (χ1v) is 7.50. The van der Waals surface area contributed by atoms with Gasteiger partial charge in [0.05, 0.1) is 5.39 Å². The highest BCUT2D eigenvalue weighted by Gasteiger charge is 2.21. The molecule has 4 heteroatoms. The molecule has 2 aromatic carbocycles. The summed E-state index contributed by atoms with van der Waals surface area (Å²) in [7, 11) is 0. The molecule has 3 rings (SSSR count). The van der Waals surface area contributed by atoms with Gasteiger partial charge in [0.25, 0.3) is 5.91 Å². The Bertz CT molecular complexity index is 911. The Labute approximate surface area is 133 Å². The van der Waals surface area contributed by atoms with Crippen molar-refractivity contribution in [2.75, 3.05) is 0 Å². The maximum atomic E-state index is 12.5. The van der Waals surface area contributed by atoms with Crippen LogP contribution in [0.3, 0.4) is 0 Å². The SMILES string of the molecule is CC(C)NC(=O)c1oc(=O)c2ccccc2c1-c1ccccc1. The maximum Gasteiger partial charge on any atom is 0.344 e. The number of nitrogens with one attached hydrogen (secondary N) is 1. The molecule has 0 aliphatic carbocycles. The van der Waals surface area contributed by atoms with Crippen LogP contribution in [0.4, 0.5) is 0 Å². The Kier molecular flexibility index (Phi) is 3.98. The molecular formula is C19H17NO3. The Hall–Kier alpha value is -2.88. The van der Waals surface area contributed by atoms with Gasteiger partial charge in [-0.1, -0.05) is 48.5 Å². The predicted molar refractivity (Wildman–Crippen MR) is 90.5 cm³/mol. The van der Waals surface area contributed by atoms with E-state index in [0.717, 1.165) is 5.56 Å². The zero-order valence-corrected chi connectivity index (χ0v) is 13.0. The Morgan fingerprint density at radius 2 is 1.57 bits per heavy atom. The van der Waals surface area contributed by atoms with E-state index in [1.54, 1.807) is 12.1 Å². The predicted octanol–water partition coefficient (Wildman–Crippen LogP) is 3.60. The van der Waals surface area contributed by atoms with Crippen molar-refractivity contribution < 1.29 is 9.21 Å². The van der Waals surface area contributed by atoms with Crippen molar-refractivity contribution in [3.05, 3.63) is 70.8 Å². The van der Waals surface area contributed by atoms with Gasteiger partial charge in [-0.2, -0.15) is 0 Å².